The average Bonchev–Trinajstić information content (AvgIpc) is 1.86. The molecule has 0 aromatic heterocycles. The van der Waals surface area contributed by atoms with Crippen LogP contribution in [0.25, 0.3) is 0 Å². The quantitative estimate of drug-likeness (QED) is 0.562. The first kappa shape index (κ1) is 10.0. The van der Waals surface area contributed by atoms with Crippen LogP contribution in [-0.4, -0.2) is 0 Å². The minimum absolute atomic E-state index is 0.439. The predicted molar refractivity (Wildman–Crippen MR) is 47.8 cm³/mol. The van der Waals surface area contributed by atoms with Gasteiger partial charge in [0.05, 0.1) is 0 Å². The lowest BCUT2D eigenvalue weighted by molar-refractivity contribution is 0.323. The Bertz CT molecular complexity index is 90.2. The molecule has 0 rings (SSSR count). The van der Waals surface area contributed by atoms with Gasteiger partial charge in [0.25, 0.3) is 0 Å². The van der Waals surface area contributed by atoms with E-state index in [2.05, 4.69) is 41.5 Å². The Hall–Kier alpha value is 0. The van der Waals surface area contributed by atoms with Crippen molar-refractivity contribution in [3.8, 4) is 0 Å². The van der Waals surface area contributed by atoms with Gasteiger partial charge in [-0.3, -0.25) is 0 Å². The SMILES string of the molecule is CCC(C)(C)[C](C)C(C)C. The minimum Gasteiger partial charge on any atom is -0.0649 e. The summed E-state index contributed by atoms with van der Waals surface area (Å²) in [7, 11) is 0. The predicted octanol–water partition coefficient (Wildman–Crippen LogP) is 3.67. The molecule has 0 aromatic rings. The summed E-state index contributed by atoms with van der Waals surface area (Å²) >= 11 is 0. The van der Waals surface area contributed by atoms with Gasteiger partial charge in [-0.05, 0) is 17.3 Å². The summed E-state index contributed by atoms with van der Waals surface area (Å²) < 4.78 is 0. The summed E-state index contributed by atoms with van der Waals surface area (Å²) in [5.74, 6) is 2.35. The topological polar surface area (TPSA) is 0 Å². The van der Waals surface area contributed by atoms with Crippen LogP contribution in [0.4, 0.5) is 0 Å². The molecule has 0 aliphatic carbocycles. The van der Waals surface area contributed by atoms with Gasteiger partial charge >= 0.3 is 0 Å². The molecule has 0 fully saturated rings. The molecule has 0 aromatic carbocycles. The first-order chi connectivity index (χ1) is 4.41. The van der Waals surface area contributed by atoms with Gasteiger partial charge in [0, 0.05) is 0 Å². The van der Waals surface area contributed by atoms with Gasteiger partial charge in [0.2, 0.25) is 0 Å². The molecule has 1 radical (unpaired) electrons. The standard InChI is InChI=1S/C10H21/c1-7-10(5,6)9(4)8(2)3/h8H,7H2,1-6H3. The van der Waals surface area contributed by atoms with Gasteiger partial charge in [-0.15, -0.1) is 0 Å². The summed E-state index contributed by atoms with van der Waals surface area (Å²) in [4.78, 5) is 0. The smallest absolute Gasteiger partial charge is 0.0190 e. The van der Waals surface area contributed by atoms with Crippen molar-refractivity contribution >= 4 is 0 Å². The fourth-order valence-electron chi connectivity index (χ4n) is 1.06. The largest absolute Gasteiger partial charge is 0.0649 e. The van der Waals surface area contributed by atoms with Crippen LogP contribution in [0.5, 0.6) is 0 Å². The lowest BCUT2D eigenvalue weighted by atomic mass is 9.72. The van der Waals surface area contributed by atoms with E-state index in [1.807, 2.05) is 0 Å². The molecule has 0 N–H and O–H groups in total. The molecule has 0 unspecified atom stereocenters. The second-order valence-corrected chi connectivity index (χ2v) is 4.08. The van der Waals surface area contributed by atoms with E-state index in [0.29, 0.717) is 5.41 Å². The molecule has 0 amide bonds. The molecule has 0 saturated carbocycles. The van der Waals surface area contributed by atoms with Gasteiger partial charge < -0.3 is 0 Å². The summed E-state index contributed by atoms with van der Waals surface area (Å²) in [6.45, 7) is 13.7. The van der Waals surface area contributed by atoms with Crippen molar-refractivity contribution in [2.75, 3.05) is 0 Å². The Morgan fingerprint density at radius 1 is 1.30 bits per heavy atom. The molecule has 0 nitrogen and oxygen atoms in total. The Morgan fingerprint density at radius 2 is 1.70 bits per heavy atom. The van der Waals surface area contributed by atoms with E-state index >= 15 is 0 Å². The lowest BCUT2D eigenvalue weighted by Gasteiger charge is -2.32. The Balaban J connectivity index is 4.03. The molecule has 0 atom stereocenters. The molecule has 61 valence electrons. The van der Waals surface area contributed by atoms with Crippen LogP contribution in [0.1, 0.15) is 48.0 Å². The van der Waals surface area contributed by atoms with Crippen molar-refractivity contribution in [3.05, 3.63) is 5.92 Å². The third-order valence-corrected chi connectivity index (χ3v) is 2.82. The van der Waals surface area contributed by atoms with E-state index in [1.165, 1.54) is 6.42 Å². The molecular formula is C10H21. The van der Waals surface area contributed by atoms with E-state index in [9.17, 15) is 0 Å². The third-order valence-electron chi connectivity index (χ3n) is 2.82. The van der Waals surface area contributed by atoms with Crippen LogP contribution in [0.2, 0.25) is 0 Å². The van der Waals surface area contributed by atoms with Crippen LogP contribution in [0.3, 0.4) is 0 Å². The highest BCUT2D eigenvalue weighted by molar-refractivity contribution is 5.00. The van der Waals surface area contributed by atoms with Crippen LogP contribution >= 0.6 is 0 Å². The molecule has 0 spiro atoms. The van der Waals surface area contributed by atoms with Gasteiger partial charge in [-0.2, -0.15) is 0 Å². The second-order valence-electron chi connectivity index (χ2n) is 4.08. The molecule has 0 heteroatoms. The maximum absolute atomic E-state index is 2.32. The molecule has 10 heavy (non-hydrogen) atoms. The minimum atomic E-state index is 0.439. The van der Waals surface area contributed by atoms with Gasteiger partial charge in [0.1, 0.15) is 0 Å². The van der Waals surface area contributed by atoms with Crippen molar-refractivity contribution < 1.29 is 0 Å². The van der Waals surface area contributed by atoms with Crippen LogP contribution in [0, 0.1) is 17.3 Å². The van der Waals surface area contributed by atoms with Crippen LogP contribution in [0.15, 0.2) is 0 Å². The zero-order valence-electron chi connectivity index (χ0n) is 8.28. The van der Waals surface area contributed by atoms with E-state index in [0.717, 1.165) is 5.92 Å². The summed E-state index contributed by atoms with van der Waals surface area (Å²) in [6, 6.07) is 0. The van der Waals surface area contributed by atoms with Crippen LogP contribution in [-0.2, 0) is 0 Å². The Labute approximate surface area is 66.0 Å². The van der Waals surface area contributed by atoms with Gasteiger partial charge in [-0.25, -0.2) is 0 Å². The van der Waals surface area contributed by atoms with Crippen molar-refractivity contribution in [3.63, 3.8) is 0 Å². The normalized spacial score (nSPS) is 13.2. The second kappa shape index (κ2) is 3.41. The zero-order valence-corrected chi connectivity index (χ0v) is 8.28. The highest BCUT2D eigenvalue weighted by atomic mass is 14.3. The molecule has 0 heterocycles. The molecule has 0 bridgehead atoms. The Morgan fingerprint density at radius 3 is 1.80 bits per heavy atom. The summed E-state index contributed by atoms with van der Waals surface area (Å²) in [5.41, 5.74) is 0.439. The van der Waals surface area contributed by atoms with E-state index in [4.69, 9.17) is 0 Å². The van der Waals surface area contributed by atoms with Gasteiger partial charge in [-0.1, -0.05) is 48.0 Å². The maximum atomic E-state index is 2.32. The lowest BCUT2D eigenvalue weighted by Crippen LogP contribution is -2.22. The molecule has 0 aliphatic rings. The highest BCUT2D eigenvalue weighted by Gasteiger charge is 2.26. The third kappa shape index (κ3) is 2.32. The van der Waals surface area contributed by atoms with Gasteiger partial charge in [0.15, 0.2) is 0 Å². The number of rotatable bonds is 3. The van der Waals surface area contributed by atoms with Crippen molar-refractivity contribution in [2.24, 2.45) is 11.3 Å². The average molecular weight is 141 g/mol. The summed E-state index contributed by atoms with van der Waals surface area (Å²) in [5, 5.41) is 0. The van der Waals surface area contributed by atoms with Crippen molar-refractivity contribution in [2.45, 2.75) is 48.0 Å². The zero-order chi connectivity index (χ0) is 8.36. The Kier molecular flexibility index (Phi) is 3.41. The molecular weight excluding hydrogens is 120 g/mol. The van der Waals surface area contributed by atoms with Crippen molar-refractivity contribution in [1.82, 2.24) is 0 Å². The monoisotopic (exact) mass is 141 g/mol. The molecule has 0 aliphatic heterocycles. The summed E-state index contributed by atoms with van der Waals surface area (Å²) in [6.07, 6.45) is 1.25. The first-order valence-corrected chi connectivity index (χ1v) is 4.25. The maximum Gasteiger partial charge on any atom is -0.0190 e. The van der Waals surface area contributed by atoms with Crippen molar-refractivity contribution in [1.29, 1.82) is 0 Å². The van der Waals surface area contributed by atoms with E-state index < -0.39 is 0 Å². The highest BCUT2D eigenvalue weighted by Crippen LogP contribution is 2.36. The van der Waals surface area contributed by atoms with Crippen LogP contribution < -0.4 is 0 Å². The van der Waals surface area contributed by atoms with E-state index in [-0.39, 0.29) is 0 Å². The number of hydrogen-bond donors (Lipinski definition) is 0. The van der Waals surface area contributed by atoms with E-state index in [1.54, 1.807) is 5.92 Å². The first-order valence-electron chi connectivity index (χ1n) is 4.25. The fourth-order valence-corrected chi connectivity index (χ4v) is 1.06. The fraction of sp³-hybridized carbons (Fsp3) is 0.900. The molecule has 0 saturated heterocycles. The number of hydrogen-bond acceptors (Lipinski definition) is 0.